The fourth-order valence-electron chi connectivity index (χ4n) is 6.07. The van der Waals surface area contributed by atoms with Crippen molar-refractivity contribution in [3.63, 3.8) is 0 Å². The smallest absolute Gasteiger partial charge is 0.307 e. The van der Waals surface area contributed by atoms with Crippen LogP contribution in [0, 0.1) is 0 Å². The summed E-state index contributed by atoms with van der Waals surface area (Å²) in [6.45, 7) is 18.8. The number of unbranched alkanes of at least 4 members (excludes halogenated alkanes) is 3. The van der Waals surface area contributed by atoms with E-state index >= 15 is 0 Å². The molecule has 2 unspecified atom stereocenters. The molecule has 0 bridgehead atoms. The first-order valence-electron chi connectivity index (χ1n) is 18.4. The van der Waals surface area contributed by atoms with Crippen LogP contribution in [0.1, 0.15) is 91.9 Å². The molecule has 48 heavy (non-hydrogen) atoms. The zero-order valence-electron chi connectivity index (χ0n) is 31.0. The lowest BCUT2D eigenvalue weighted by atomic mass is 9.94. The molecule has 2 heterocycles. The predicted molar refractivity (Wildman–Crippen MR) is 186 cm³/mol. The second-order valence-electron chi connectivity index (χ2n) is 13.6. The van der Waals surface area contributed by atoms with Crippen LogP contribution in [0.2, 0.25) is 0 Å². The van der Waals surface area contributed by atoms with E-state index in [9.17, 15) is 19.2 Å². The summed E-state index contributed by atoms with van der Waals surface area (Å²) in [5.74, 6) is -0.0213. The first-order valence-corrected chi connectivity index (χ1v) is 18.4. The topological polar surface area (TPSA) is 118 Å². The van der Waals surface area contributed by atoms with Crippen molar-refractivity contribution in [3.8, 4) is 0 Å². The Labute approximate surface area is 290 Å². The number of carbonyl (C=O) groups excluding carboxylic acids is 4. The minimum Gasteiger partial charge on any atom is -0.469 e. The Morgan fingerprint density at radius 2 is 0.938 bits per heavy atom. The van der Waals surface area contributed by atoms with E-state index < -0.39 is 11.2 Å². The van der Waals surface area contributed by atoms with Gasteiger partial charge in [-0.05, 0) is 46.0 Å². The van der Waals surface area contributed by atoms with Crippen molar-refractivity contribution in [2.75, 3.05) is 106 Å². The predicted octanol–water partition coefficient (Wildman–Crippen LogP) is 3.20. The van der Waals surface area contributed by atoms with Crippen molar-refractivity contribution in [2.24, 2.45) is 0 Å². The van der Waals surface area contributed by atoms with Crippen LogP contribution >= 0.6 is 0 Å². The molecule has 0 N–H and O–H groups in total. The number of nitrogens with zero attached hydrogens (tertiary/aromatic N) is 4. The van der Waals surface area contributed by atoms with E-state index in [0.717, 1.165) is 91.1 Å². The summed E-state index contributed by atoms with van der Waals surface area (Å²) in [6, 6.07) is 0. The molecular weight excluding hydrogens is 616 g/mol. The molecule has 0 aromatic heterocycles. The monoisotopic (exact) mass is 682 g/mol. The molecule has 0 spiro atoms. The first-order chi connectivity index (χ1) is 23.0. The van der Waals surface area contributed by atoms with E-state index in [0.29, 0.717) is 64.8 Å². The van der Waals surface area contributed by atoms with Gasteiger partial charge in [0.05, 0.1) is 26.6 Å². The number of ketones is 2. The van der Waals surface area contributed by atoms with Crippen molar-refractivity contribution in [1.29, 1.82) is 0 Å². The van der Waals surface area contributed by atoms with Gasteiger partial charge in [-0.2, -0.15) is 0 Å². The van der Waals surface area contributed by atoms with Gasteiger partial charge < -0.3 is 38.5 Å². The average molecular weight is 683 g/mol. The van der Waals surface area contributed by atoms with E-state index in [2.05, 4.69) is 19.6 Å². The highest BCUT2D eigenvalue weighted by molar-refractivity contribution is 5.87. The van der Waals surface area contributed by atoms with Crippen LogP contribution in [0.5, 0.6) is 0 Å². The number of methoxy groups -OCH3 is 2. The summed E-state index contributed by atoms with van der Waals surface area (Å²) in [5.41, 5.74) is -1.45. The summed E-state index contributed by atoms with van der Waals surface area (Å²) in [7, 11) is 3.02. The van der Waals surface area contributed by atoms with Crippen LogP contribution in [0.15, 0.2) is 0 Å². The lowest BCUT2D eigenvalue weighted by Gasteiger charge is -2.35. The van der Waals surface area contributed by atoms with E-state index in [1.807, 2.05) is 27.7 Å². The molecule has 2 aliphatic heterocycles. The largest absolute Gasteiger partial charge is 0.469 e. The highest BCUT2D eigenvalue weighted by Crippen LogP contribution is 2.21. The van der Waals surface area contributed by atoms with Crippen molar-refractivity contribution in [1.82, 2.24) is 19.6 Å². The molecule has 2 rings (SSSR count). The number of hydrogen-bond donors (Lipinski definition) is 0. The molecular formula is C36H66N4O8. The normalized spacial score (nSPS) is 19.4. The summed E-state index contributed by atoms with van der Waals surface area (Å²) < 4.78 is 21.7. The quantitative estimate of drug-likeness (QED) is 0.104. The van der Waals surface area contributed by atoms with Crippen LogP contribution in [0.4, 0.5) is 0 Å². The fraction of sp³-hybridized carbons (Fsp3) is 0.889. The molecule has 0 amide bonds. The first kappa shape index (κ1) is 42.2. The fourth-order valence-corrected chi connectivity index (χ4v) is 6.07. The standard InChI is InChI=1S/C36H66N4O8/c1-7-35(3,46-6)31(41)13-17-37-23-27-40(28-24-37)20-16-34(44)47-29-11-9-10-12-30-48-36(4,8-2)32(42)14-18-38-21-25-39(26-22-38)19-15-33(43)45-5/h7-30H2,1-6H3. The number of Topliss-reactive ketones (excluding diaryl/α,β-unsaturated/α-hetero) is 2. The highest BCUT2D eigenvalue weighted by atomic mass is 16.5. The molecule has 278 valence electrons. The van der Waals surface area contributed by atoms with Crippen molar-refractivity contribution in [3.05, 3.63) is 0 Å². The van der Waals surface area contributed by atoms with Gasteiger partial charge in [0.15, 0.2) is 11.6 Å². The van der Waals surface area contributed by atoms with Gasteiger partial charge in [0.2, 0.25) is 0 Å². The van der Waals surface area contributed by atoms with Gasteiger partial charge in [-0.3, -0.25) is 19.2 Å². The molecule has 0 aromatic carbocycles. The van der Waals surface area contributed by atoms with Gasteiger partial charge in [0.1, 0.15) is 11.2 Å². The van der Waals surface area contributed by atoms with E-state index in [1.54, 1.807) is 7.11 Å². The second kappa shape index (κ2) is 22.7. The molecule has 12 heteroatoms. The van der Waals surface area contributed by atoms with Gasteiger partial charge in [-0.15, -0.1) is 0 Å². The van der Waals surface area contributed by atoms with E-state index in [4.69, 9.17) is 18.9 Å². The van der Waals surface area contributed by atoms with Gasteiger partial charge in [0.25, 0.3) is 0 Å². The Balaban J connectivity index is 1.48. The second-order valence-corrected chi connectivity index (χ2v) is 13.6. The molecule has 0 radical (unpaired) electrons. The summed E-state index contributed by atoms with van der Waals surface area (Å²) in [5, 5.41) is 0. The van der Waals surface area contributed by atoms with E-state index in [1.165, 1.54) is 7.11 Å². The Bertz CT molecular complexity index is 962. The number of piperazine rings is 2. The third kappa shape index (κ3) is 15.3. The summed E-state index contributed by atoms with van der Waals surface area (Å²) >= 11 is 0. The zero-order chi connectivity index (χ0) is 35.4. The summed E-state index contributed by atoms with van der Waals surface area (Å²) in [4.78, 5) is 58.4. The Kier molecular flexibility index (Phi) is 20.0. The molecule has 2 atom stereocenters. The molecule has 0 aromatic rings. The number of carbonyl (C=O) groups is 4. The average Bonchev–Trinajstić information content (AvgIpc) is 3.12. The van der Waals surface area contributed by atoms with Gasteiger partial charge in [0, 0.05) is 105 Å². The van der Waals surface area contributed by atoms with E-state index in [-0.39, 0.29) is 23.5 Å². The molecule has 12 nitrogen and oxygen atoms in total. The van der Waals surface area contributed by atoms with Crippen LogP contribution < -0.4 is 0 Å². The minimum absolute atomic E-state index is 0.151. The molecule has 2 aliphatic rings. The molecule has 2 fully saturated rings. The van der Waals surface area contributed by atoms with Gasteiger partial charge in [-0.25, -0.2) is 0 Å². The molecule has 0 saturated carbocycles. The number of esters is 2. The number of ether oxygens (including phenoxy) is 4. The van der Waals surface area contributed by atoms with Crippen LogP contribution in [-0.2, 0) is 38.1 Å². The lowest BCUT2D eigenvalue weighted by Crippen LogP contribution is -2.48. The lowest BCUT2D eigenvalue weighted by molar-refractivity contribution is -0.144. The van der Waals surface area contributed by atoms with Crippen LogP contribution in [0.3, 0.4) is 0 Å². The number of hydrogen-bond acceptors (Lipinski definition) is 12. The highest BCUT2D eigenvalue weighted by Gasteiger charge is 2.33. The maximum absolute atomic E-state index is 13.1. The van der Waals surface area contributed by atoms with Crippen LogP contribution in [-0.4, -0.2) is 160 Å². The molecule has 0 aliphatic carbocycles. The van der Waals surface area contributed by atoms with Crippen molar-refractivity contribution < 1.29 is 38.1 Å². The maximum Gasteiger partial charge on any atom is 0.307 e. The third-order valence-corrected chi connectivity index (χ3v) is 10.4. The maximum atomic E-state index is 13.1. The Morgan fingerprint density at radius 3 is 1.35 bits per heavy atom. The van der Waals surface area contributed by atoms with Crippen molar-refractivity contribution in [2.45, 2.75) is 103 Å². The van der Waals surface area contributed by atoms with Crippen LogP contribution in [0.25, 0.3) is 0 Å². The van der Waals surface area contributed by atoms with Gasteiger partial charge in [-0.1, -0.05) is 20.3 Å². The van der Waals surface area contributed by atoms with Gasteiger partial charge >= 0.3 is 11.9 Å². The minimum atomic E-state index is -0.760. The third-order valence-electron chi connectivity index (χ3n) is 10.4. The Hall–Kier alpha value is -1.96. The van der Waals surface area contributed by atoms with Crippen molar-refractivity contribution >= 4 is 23.5 Å². The number of rotatable bonds is 25. The Morgan fingerprint density at radius 1 is 0.542 bits per heavy atom. The molecule has 2 saturated heterocycles. The zero-order valence-corrected chi connectivity index (χ0v) is 31.0. The SMILES string of the molecule is CCC(C)(OC)C(=O)CCN1CCN(CCC(=O)OCCCCCCOC(C)(CC)C(=O)CCN2CCN(CCC(=O)OC)CC2)CC1. The summed E-state index contributed by atoms with van der Waals surface area (Å²) in [6.07, 6.45) is 6.71.